The van der Waals surface area contributed by atoms with Gasteiger partial charge in [-0.05, 0) is 18.2 Å². The lowest BCUT2D eigenvalue weighted by atomic mass is 9.85. The van der Waals surface area contributed by atoms with E-state index in [0.29, 0.717) is 36.0 Å². The van der Waals surface area contributed by atoms with Gasteiger partial charge < -0.3 is 4.42 Å². The van der Waals surface area contributed by atoms with Gasteiger partial charge in [0.05, 0.1) is 28.7 Å². The summed E-state index contributed by atoms with van der Waals surface area (Å²) in [6, 6.07) is 21.6. The van der Waals surface area contributed by atoms with Crippen LogP contribution in [0, 0.1) is 0 Å². The number of rotatable bonds is 4. The predicted molar refractivity (Wildman–Crippen MR) is 124 cm³/mol. The van der Waals surface area contributed by atoms with Gasteiger partial charge in [-0.25, -0.2) is 19.9 Å². The third-order valence-corrected chi connectivity index (χ3v) is 5.86. The molecule has 0 saturated carbocycles. The van der Waals surface area contributed by atoms with Crippen LogP contribution >= 0.6 is 0 Å². The molecule has 0 spiro atoms. The van der Waals surface area contributed by atoms with E-state index in [1.54, 1.807) is 12.5 Å². The van der Waals surface area contributed by atoms with Crippen LogP contribution < -0.4 is 5.32 Å². The van der Waals surface area contributed by atoms with Crippen LogP contribution in [0.25, 0.3) is 22.2 Å². The molecule has 160 valence electrons. The summed E-state index contributed by atoms with van der Waals surface area (Å²) in [5.74, 6) is 1.56. The van der Waals surface area contributed by atoms with Crippen LogP contribution in [0.2, 0.25) is 0 Å². The average molecular weight is 433 g/mol. The number of nitrogens with zero attached hydrogens (tertiary/aromatic N) is 4. The molecule has 0 radical (unpaired) electrons. The van der Waals surface area contributed by atoms with Crippen molar-refractivity contribution in [1.29, 1.82) is 0 Å². The number of Topliss-reactive ketones (excluding diaryl/α,β-unsaturated/α-hetero) is 1. The molecular formula is C26H19N5O2. The van der Waals surface area contributed by atoms with Gasteiger partial charge in [0.1, 0.15) is 5.76 Å². The zero-order valence-corrected chi connectivity index (χ0v) is 17.6. The summed E-state index contributed by atoms with van der Waals surface area (Å²) in [7, 11) is 0. The number of benzene rings is 2. The Labute approximate surface area is 189 Å². The van der Waals surface area contributed by atoms with Crippen molar-refractivity contribution in [2.24, 2.45) is 0 Å². The van der Waals surface area contributed by atoms with Gasteiger partial charge in [-0.15, -0.1) is 0 Å². The first-order valence-electron chi connectivity index (χ1n) is 10.8. The number of fused-ring (bicyclic) bond motifs is 2. The molecule has 6 rings (SSSR count). The zero-order valence-electron chi connectivity index (χ0n) is 17.6. The van der Waals surface area contributed by atoms with Gasteiger partial charge in [0.25, 0.3) is 0 Å². The molecule has 0 unspecified atom stereocenters. The fraction of sp³-hybridized carbons (Fsp3) is 0.115. The van der Waals surface area contributed by atoms with Crippen LogP contribution in [0.5, 0.6) is 0 Å². The maximum absolute atomic E-state index is 12.6. The molecule has 33 heavy (non-hydrogen) atoms. The van der Waals surface area contributed by atoms with Crippen molar-refractivity contribution in [2.75, 3.05) is 5.32 Å². The molecule has 2 aromatic carbocycles. The molecule has 1 aliphatic rings. The maximum atomic E-state index is 12.6. The fourth-order valence-electron chi connectivity index (χ4n) is 4.28. The number of aromatic nitrogens is 4. The van der Waals surface area contributed by atoms with Gasteiger partial charge in [0, 0.05) is 35.9 Å². The Kier molecular flexibility index (Phi) is 4.65. The normalized spacial score (nSPS) is 15.4. The molecule has 7 heteroatoms. The molecule has 3 heterocycles. The van der Waals surface area contributed by atoms with Gasteiger partial charge in [0.15, 0.2) is 5.78 Å². The molecule has 3 aromatic heterocycles. The lowest BCUT2D eigenvalue weighted by Gasteiger charge is -2.21. The van der Waals surface area contributed by atoms with Crippen molar-refractivity contribution in [2.45, 2.75) is 18.8 Å². The summed E-state index contributed by atoms with van der Waals surface area (Å²) < 4.78 is 5.53. The van der Waals surface area contributed by atoms with E-state index < -0.39 is 0 Å². The van der Waals surface area contributed by atoms with Crippen LogP contribution in [0.1, 0.15) is 34.2 Å². The highest BCUT2D eigenvalue weighted by atomic mass is 16.3. The molecule has 0 amide bonds. The third-order valence-electron chi connectivity index (χ3n) is 5.86. The number of para-hydroxylation sites is 1. The molecule has 1 aliphatic carbocycles. The lowest BCUT2D eigenvalue weighted by molar-refractivity contribution is 0.0958. The number of hydrogen-bond acceptors (Lipinski definition) is 7. The molecule has 1 atom stereocenters. The third kappa shape index (κ3) is 3.63. The topological polar surface area (TPSA) is 93.8 Å². The Morgan fingerprint density at radius 2 is 1.70 bits per heavy atom. The van der Waals surface area contributed by atoms with E-state index in [2.05, 4.69) is 20.3 Å². The van der Waals surface area contributed by atoms with Gasteiger partial charge >= 0.3 is 0 Å². The predicted octanol–water partition coefficient (Wildman–Crippen LogP) is 5.34. The molecule has 1 N–H and O–H groups in total. The van der Waals surface area contributed by atoms with Crippen molar-refractivity contribution in [3.8, 4) is 11.3 Å². The van der Waals surface area contributed by atoms with Gasteiger partial charge in [-0.3, -0.25) is 10.1 Å². The van der Waals surface area contributed by atoms with Crippen LogP contribution in [0.3, 0.4) is 0 Å². The molecule has 7 nitrogen and oxygen atoms in total. The summed E-state index contributed by atoms with van der Waals surface area (Å²) in [5.41, 5.74) is 3.91. The quantitative estimate of drug-likeness (QED) is 0.409. The smallest absolute Gasteiger partial charge is 0.230 e. The number of nitrogens with one attached hydrogen (secondary N) is 1. The van der Waals surface area contributed by atoms with Gasteiger partial charge in [-0.2, -0.15) is 0 Å². The second-order valence-electron chi connectivity index (χ2n) is 8.00. The van der Waals surface area contributed by atoms with E-state index in [4.69, 9.17) is 9.40 Å². The number of carbonyl (C=O) groups is 1. The minimum absolute atomic E-state index is 0.0237. The van der Waals surface area contributed by atoms with E-state index in [1.165, 1.54) is 0 Å². The summed E-state index contributed by atoms with van der Waals surface area (Å²) in [6.07, 6.45) is 4.22. The minimum Gasteiger partial charge on any atom is -0.469 e. The first-order chi connectivity index (χ1) is 16.2. The monoisotopic (exact) mass is 433 g/mol. The largest absolute Gasteiger partial charge is 0.469 e. The first-order valence-corrected chi connectivity index (χ1v) is 10.8. The van der Waals surface area contributed by atoms with Crippen molar-refractivity contribution in [3.63, 3.8) is 0 Å². The lowest BCUT2D eigenvalue weighted by Crippen LogP contribution is -2.21. The number of anilines is 2. The Balaban J connectivity index is 1.37. The number of ketones is 1. The van der Waals surface area contributed by atoms with Crippen molar-refractivity contribution in [3.05, 3.63) is 96.2 Å². The SMILES string of the molecule is O=C1C[C@H](c2ccco2)Cc2nc(Nc3nc(-c4ccccc4)c4ccccc4n3)ncc21. The molecular weight excluding hydrogens is 414 g/mol. The molecule has 0 saturated heterocycles. The van der Waals surface area contributed by atoms with E-state index in [-0.39, 0.29) is 11.7 Å². The van der Waals surface area contributed by atoms with Crippen LogP contribution in [0.4, 0.5) is 11.9 Å². The fourth-order valence-corrected chi connectivity index (χ4v) is 4.28. The summed E-state index contributed by atoms with van der Waals surface area (Å²) in [6.45, 7) is 0. The Morgan fingerprint density at radius 1 is 0.848 bits per heavy atom. The summed E-state index contributed by atoms with van der Waals surface area (Å²) in [5, 5.41) is 4.11. The molecule has 0 fully saturated rings. The molecule has 0 aliphatic heterocycles. The zero-order chi connectivity index (χ0) is 22.2. The number of hydrogen-bond donors (Lipinski definition) is 1. The number of furan rings is 1. The molecule has 0 bridgehead atoms. The standard InChI is InChI=1S/C26H19N5O2/c32-22-14-17(23-11-6-12-33-23)13-21-19(22)15-27-25(29-21)31-26-28-20-10-5-4-9-18(20)24(30-26)16-7-2-1-3-8-16/h1-12,15,17H,13-14H2,(H,27,28,29,30,31)/t17-/m1/s1. The van der Waals surface area contributed by atoms with Crippen molar-refractivity contribution in [1.82, 2.24) is 19.9 Å². The van der Waals surface area contributed by atoms with E-state index in [9.17, 15) is 4.79 Å². The van der Waals surface area contributed by atoms with Gasteiger partial charge in [-0.1, -0.05) is 48.5 Å². The first kappa shape index (κ1) is 19.3. The van der Waals surface area contributed by atoms with E-state index >= 15 is 0 Å². The second-order valence-corrected chi connectivity index (χ2v) is 8.00. The van der Waals surface area contributed by atoms with Crippen molar-refractivity contribution >= 4 is 28.6 Å². The summed E-state index contributed by atoms with van der Waals surface area (Å²) in [4.78, 5) is 31.1. The van der Waals surface area contributed by atoms with Gasteiger partial charge in [0.2, 0.25) is 11.9 Å². The Hall–Kier alpha value is -4.39. The maximum Gasteiger partial charge on any atom is 0.230 e. The minimum atomic E-state index is -0.0237. The molecule has 5 aromatic rings. The number of carbonyl (C=O) groups excluding carboxylic acids is 1. The Morgan fingerprint density at radius 3 is 2.55 bits per heavy atom. The Bertz CT molecular complexity index is 1470. The van der Waals surface area contributed by atoms with Crippen LogP contribution in [-0.2, 0) is 6.42 Å². The van der Waals surface area contributed by atoms with E-state index in [0.717, 1.165) is 27.9 Å². The highest BCUT2D eigenvalue weighted by Gasteiger charge is 2.29. The van der Waals surface area contributed by atoms with Crippen LogP contribution in [0.15, 0.2) is 83.6 Å². The second kappa shape index (κ2) is 7.94. The van der Waals surface area contributed by atoms with Crippen LogP contribution in [-0.4, -0.2) is 25.7 Å². The van der Waals surface area contributed by atoms with E-state index in [1.807, 2.05) is 66.7 Å². The average Bonchev–Trinajstić information content (AvgIpc) is 3.39. The van der Waals surface area contributed by atoms with Crippen molar-refractivity contribution < 1.29 is 9.21 Å². The highest BCUT2D eigenvalue weighted by molar-refractivity contribution is 5.98. The summed E-state index contributed by atoms with van der Waals surface area (Å²) >= 11 is 0. The highest BCUT2D eigenvalue weighted by Crippen LogP contribution is 2.33.